The van der Waals surface area contributed by atoms with E-state index in [9.17, 15) is 4.79 Å². The molecule has 0 radical (unpaired) electrons. The SMILES string of the molecule is CC1CCC(N(C)C(=O)C(C)(C)CCl)CC1. The van der Waals surface area contributed by atoms with Gasteiger partial charge in [-0.1, -0.05) is 6.92 Å². The first-order chi connectivity index (χ1) is 7.38. The number of hydrogen-bond acceptors (Lipinski definition) is 1. The van der Waals surface area contributed by atoms with Crippen molar-refractivity contribution in [1.82, 2.24) is 4.90 Å². The second kappa shape index (κ2) is 5.39. The Labute approximate surface area is 104 Å². The lowest BCUT2D eigenvalue weighted by atomic mass is 9.85. The van der Waals surface area contributed by atoms with Crippen LogP contribution in [0.4, 0.5) is 0 Å². The van der Waals surface area contributed by atoms with Gasteiger partial charge in [-0.05, 0) is 45.4 Å². The van der Waals surface area contributed by atoms with Gasteiger partial charge in [0.05, 0.1) is 5.41 Å². The summed E-state index contributed by atoms with van der Waals surface area (Å²) in [6.45, 7) is 6.13. The fourth-order valence-corrected chi connectivity index (χ4v) is 2.44. The minimum Gasteiger partial charge on any atom is -0.342 e. The molecular formula is C13H24ClNO. The predicted octanol–water partition coefficient (Wildman–Crippen LogP) is 3.29. The van der Waals surface area contributed by atoms with E-state index in [2.05, 4.69) is 6.92 Å². The number of carbonyl (C=O) groups excluding carboxylic acids is 1. The molecule has 0 aromatic heterocycles. The highest BCUT2D eigenvalue weighted by Gasteiger charge is 2.33. The van der Waals surface area contributed by atoms with Gasteiger partial charge < -0.3 is 4.90 Å². The molecule has 94 valence electrons. The molecule has 0 heterocycles. The maximum absolute atomic E-state index is 12.2. The number of amides is 1. The average molecular weight is 246 g/mol. The largest absolute Gasteiger partial charge is 0.342 e. The Kier molecular flexibility index (Phi) is 4.66. The van der Waals surface area contributed by atoms with Gasteiger partial charge in [0.1, 0.15) is 0 Å². The monoisotopic (exact) mass is 245 g/mol. The standard InChI is InChI=1S/C13H24ClNO/c1-10-5-7-11(8-6-10)15(4)12(16)13(2,3)9-14/h10-11H,5-9H2,1-4H3. The number of hydrogen-bond donors (Lipinski definition) is 0. The maximum Gasteiger partial charge on any atom is 0.229 e. The highest BCUT2D eigenvalue weighted by molar-refractivity contribution is 6.19. The molecule has 2 nitrogen and oxygen atoms in total. The van der Waals surface area contributed by atoms with E-state index in [-0.39, 0.29) is 5.91 Å². The smallest absolute Gasteiger partial charge is 0.229 e. The molecule has 0 aromatic carbocycles. The second-order valence-corrected chi connectivity index (χ2v) is 6.11. The van der Waals surface area contributed by atoms with Gasteiger partial charge in [-0.25, -0.2) is 0 Å². The van der Waals surface area contributed by atoms with Crippen LogP contribution in [0.25, 0.3) is 0 Å². The van der Waals surface area contributed by atoms with E-state index in [1.54, 1.807) is 0 Å². The summed E-state index contributed by atoms with van der Waals surface area (Å²) in [5.41, 5.74) is -0.431. The number of carbonyl (C=O) groups is 1. The van der Waals surface area contributed by atoms with E-state index in [1.807, 2.05) is 25.8 Å². The molecule has 0 bridgehead atoms. The Morgan fingerprint density at radius 2 is 1.81 bits per heavy atom. The van der Waals surface area contributed by atoms with Crippen LogP contribution in [0, 0.1) is 11.3 Å². The molecule has 1 fully saturated rings. The normalized spacial score (nSPS) is 26.6. The Bertz CT molecular complexity index is 244. The van der Waals surface area contributed by atoms with Crippen molar-refractivity contribution in [2.75, 3.05) is 12.9 Å². The van der Waals surface area contributed by atoms with Crippen molar-refractivity contribution in [1.29, 1.82) is 0 Å². The van der Waals surface area contributed by atoms with E-state index in [0.717, 1.165) is 18.8 Å². The summed E-state index contributed by atoms with van der Waals surface area (Å²) in [5.74, 6) is 1.39. The molecule has 0 aromatic rings. The fourth-order valence-electron chi connectivity index (χ4n) is 2.33. The molecule has 1 aliphatic rings. The van der Waals surface area contributed by atoms with Crippen molar-refractivity contribution in [2.45, 2.75) is 52.5 Å². The van der Waals surface area contributed by atoms with Gasteiger partial charge in [0.2, 0.25) is 5.91 Å². The van der Waals surface area contributed by atoms with Crippen LogP contribution in [-0.2, 0) is 4.79 Å². The van der Waals surface area contributed by atoms with Crippen molar-refractivity contribution in [3.8, 4) is 0 Å². The molecule has 0 N–H and O–H groups in total. The molecule has 0 aliphatic heterocycles. The zero-order valence-corrected chi connectivity index (χ0v) is 11.7. The third-order valence-electron chi connectivity index (χ3n) is 3.77. The lowest BCUT2D eigenvalue weighted by Gasteiger charge is -2.37. The number of nitrogens with zero attached hydrogens (tertiary/aromatic N) is 1. The van der Waals surface area contributed by atoms with Crippen molar-refractivity contribution < 1.29 is 4.79 Å². The molecule has 16 heavy (non-hydrogen) atoms. The van der Waals surface area contributed by atoms with Crippen LogP contribution in [0.3, 0.4) is 0 Å². The second-order valence-electron chi connectivity index (χ2n) is 5.85. The van der Waals surface area contributed by atoms with Crippen LogP contribution >= 0.6 is 11.6 Å². The lowest BCUT2D eigenvalue weighted by Crippen LogP contribution is -2.46. The lowest BCUT2D eigenvalue weighted by molar-refractivity contribution is -0.140. The van der Waals surface area contributed by atoms with E-state index < -0.39 is 5.41 Å². The van der Waals surface area contributed by atoms with Gasteiger partial charge in [-0.3, -0.25) is 4.79 Å². The zero-order chi connectivity index (χ0) is 12.3. The first-order valence-corrected chi connectivity index (χ1v) is 6.75. The Morgan fingerprint density at radius 3 is 2.25 bits per heavy atom. The summed E-state index contributed by atoms with van der Waals surface area (Å²) in [6, 6.07) is 0.422. The first kappa shape index (κ1) is 13.8. The molecule has 1 amide bonds. The highest BCUT2D eigenvalue weighted by atomic mass is 35.5. The van der Waals surface area contributed by atoms with Crippen molar-refractivity contribution in [3.63, 3.8) is 0 Å². The summed E-state index contributed by atoms with van der Waals surface area (Å²) >= 11 is 5.85. The summed E-state index contributed by atoms with van der Waals surface area (Å²) in [5, 5.41) is 0. The summed E-state index contributed by atoms with van der Waals surface area (Å²) in [6.07, 6.45) is 4.76. The Hall–Kier alpha value is -0.240. The van der Waals surface area contributed by atoms with Crippen LogP contribution in [0.1, 0.15) is 46.5 Å². The van der Waals surface area contributed by atoms with Crippen LogP contribution in [0.15, 0.2) is 0 Å². The predicted molar refractivity (Wildman–Crippen MR) is 68.7 cm³/mol. The van der Waals surface area contributed by atoms with Gasteiger partial charge >= 0.3 is 0 Å². The van der Waals surface area contributed by atoms with Gasteiger partial charge in [0.25, 0.3) is 0 Å². The first-order valence-electron chi connectivity index (χ1n) is 6.21. The molecule has 0 unspecified atom stereocenters. The van der Waals surface area contributed by atoms with Crippen molar-refractivity contribution in [2.24, 2.45) is 11.3 Å². The summed E-state index contributed by atoms with van der Waals surface area (Å²) in [4.78, 5) is 14.1. The molecule has 0 spiro atoms. The van der Waals surface area contributed by atoms with Crippen molar-refractivity contribution >= 4 is 17.5 Å². The maximum atomic E-state index is 12.2. The molecule has 1 saturated carbocycles. The molecule has 1 rings (SSSR count). The molecular weight excluding hydrogens is 222 g/mol. The van der Waals surface area contributed by atoms with Gasteiger partial charge in [0, 0.05) is 19.0 Å². The van der Waals surface area contributed by atoms with Crippen LogP contribution in [-0.4, -0.2) is 29.8 Å². The van der Waals surface area contributed by atoms with Crippen LogP contribution in [0.5, 0.6) is 0 Å². The zero-order valence-electron chi connectivity index (χ0n) is 10.9. The number of rotatable bonds is 3. The minimum atomic E-state index is -0.431. The van der Waals surface area contributed by atoms with Crippen LogP contribution < -0.4 is 0 Å². The van der Waals surface area contributed by atoms with Gasteiger partial charge in [-0.2, -0.15) is 0 Å². The number of halogens is 1. The van der Waals surface area contributed by atoms with Gasteiger partial charge in [0.15, 0.2) is 0 Å². The average Bonchev–Trinajstić information content (AvgIpc) is 2.28. The fraction of sp³-hybridized carbons (Fsp3) is 0.923. The van der Waals surface area contributed by atoms with Crippen LogP contribution in [0.2, 0.25) is 0 Å². The Balaban J connectivity index is 2.57. The number of alkyl halides is 1. The molecule has 3 heteroatoms. The highest BCUT2D eigenvalue weighted by Crippen LogP contribution is 2.29. The third kappa shape index (κ3) is 3.13. The summed E-state index contributed by atoms with van der Waals surface area (Å²) in [7, 11) is 1.93. The topological polar surface area (TPSA) is 20.3 Å². The van der Waals surface area contributed by atoms with E-state index in [1.165, 1.54) is 12.8 Å². The van der Waals surface area contributed by atoms with E-state index >= 15 is 0 Å². The summed E-state index contributed by atoms with van der Waals surface area (Å²) < 4.78 is 0. The van der Waals surface area contributed by atoms with E-state index in [0.29, 0.717) is 11.9 Å². The van der Waals surface area contributed by atoms with Gasteiger partial charge in [-0.15, -0.1) is 11.6 Å². The Morgan fingerprint density at radius 1 is 1.31 bits per heavy atom. The molecule has 1 aliphatic carbocycles. The third-order valence-corrected chi connectivity index (χ3v) is 4.43. The van der Waals surface area contributed by atoms with Crippen molar-refractivity contribution in [3.05, 3.63) is 0 Å². The quantitative estimate of drug-likeness (QED) is 0.699. The van der Waals surface area contributed by atoms with E-state index in [4.69, 9.17) is 11.6 Å². The molecule has 0 atom stereocenters. The molecule has 0 saturated heterocycles. The minimum absolute atomic E-state index is 0.182.